The Kier molecular flexibility index (Phi) is 4.59. The highest BCUT2D eigenvalue weighted by Gasteiger charge is 2.09. The Morgan fingerprint density at radius 3 is 2.53 bits per heavy atom. The van der Waals surface area contributed by atoms with Gasteiger partial charge in [0.1, 0.15) is 23.6 Å². The van der Waals surface area contributed by atoms with Crippen molar-refractivity contribution in [2.45, 2.75) is 0 Å². The molecule has 17 heavy (non-hydrogen) atoms. The average molecular weight is 269 g/mol. The molecule has 5 nitrogen and oxygen atoms in total. The maximum atomic E-state index is 8.52. The molecule has 0 unspecified atom stereocenters. The minimum Gasteiger partial charge on any atom is -0.494 e. The third-order valence-corrected chi connectivity index (χ3v) is 2.25. The summed E-state index contributed by atoms with van der Waals surface area (Å²) in [6, 6.07) is 6.23. The van der Waals surface area contributed by atoms with Crippen LogP contribution in [0.3, 0.4) is 0 Å². The van der Waals surface area contributed by atoms with Crippen molar-refractivity contribution in [1.29, 1.82) is 10.5 Å². The molecule has 0 aromatic heterocycles. The van der Waals surface area contributed by atoms with Gasteiger partial charge in [0.15, 0.2) is 0 Å². The lowest BCUT2D eigenvalue weighted by Gasteiger charge is -2.09. The van der Waals surface area contributed by atoms with Crippen LogP contribution >= 0.6 is 23.2 Å². The fourth-order valence-corrected chi connectivity index (χ4v) is 1.52. The zero-order valence-corrected chi connectivity index (χ0v) is 10.2. The number of halogens is 2. The monoisotopic (exact) mass is 268 g/mol. The Balaban J connectivity index is 3.12. The lowest BCUT2D eigenvalue weighted by molar-refractivity contribution is 0.416. The SMILES string of the molecule is COc1cc(Cl)cc(Cl)c1NN=C(C#N)C#N. The highest BCUT2D eigenvalue weighted by Crippen LogP contribution is 2.35. The topological polar surface area (TPSA) is 81.2 Å². The van der Waals surface area contributed by atoms with Crippen LogP contribution in [0.15, 0.2) is 17.2 Å². The van der Waals surface area contributed by atoms with E-state index in [4.69, 9.17) is 38.5 Å². The number of hydrogen-bond donors (Lipinski definition) is 1. The van der Waals surface area contributed by atoms with E-state index in [1.807, 2.05) is 0 Å². The molecule has 0 saturated heterocycles. The number of hydrogen-bond acceptors (Lipinski definition) is 5. The van der Waals surface area contributed by atoms with Gasteiger partial charge in [-0.15, -0.1) is 0 Å². The van der Waals surface area contributed by atoms with Crippen molar-refractivity contribution in [3.8, 4) is 17.9 Å². The van der Waals surface area contributed by atoms with Crippen molar-refractivity contribution in [2.24, 2.45) is 5.10 Å². The summed E-state index contributed by atoms with van der Waals surface area (Å²) < 4.78 is 5.04. The quantitative estimate of drug-likeness (QED) is 0.675. The van der Waals surface area contributed by atoms with Crippen LogP contribution in [0.4, 0.5) is 5.69 Å². The van der Waals surface area contributed by atoms with E-state index in [0.717, 1.165) is 0 Å². The van der Waals surface area contributed by atoms with Gasteiger partial charge in [-0.25, -0.2) is 0 Å². The zero-order valence-electron chi connectivity index (χ0n) is 8.66. The highest BCUT2D eigenvalue weighted by molar-refractivity contribution is 6.36. The van der Waals surface area contributed by atoms with Crippen LogP contribution in [-0.4, -0.2) is 12.8 Å². The third kappa shape index (κ3) is 3.25. The van der Waals surface area contributed by atoms with E-state index in [9.17, 15) is 0 Å². The van der Waals surface area contributed by atoms with Gasteiger partial charge in [-0.05, 0) is 6.07 Å². The van der Waals surface area contributed by atoms with Gasteiger partial charge in [-0.1, -0.05) is 23.2 Å². The van der Waals surface area contributed by atoms with Crippen molar-refractivity contribution < 1.29 is 4.74 Å². The number of nitrogens with one attached hydrogen (secondary N) is 1. The Morgan fingerprint density at radius 2 is 2.00 bits per heavy atom. The summed E-state index contributed by atoms with van der Waals surface area (Å²) in [6.07, 6.45) is 0. The van der Waals surface area contributed by atoms with Crippen molar-refractivity contribution in [3.63, 3.8) is 0 Å². The van der Waals surface area contributed by atoms with Crippen LogP contribution in [0, 0.1) is 22.7 Å². The number of methoxy groups -OCH3 is 1. The van der Waals surface area contributed by atoms with Gasteiger partial charge in [0, 0.05) is 11.1 Å². The maximum Gasteiger partial charge on any atom is 0.237 e. The number of nitrogens with zero attached hydrogens (tertiary/aromatic N) is 3. The lowest BCUT2D eigenvalue weighted by Crippen LogP contribution is -1.99. The van der Waals surface area contributed by atoms with Crippen molar-refractivity contribution in [3.05, 3.63) is 22.2 Å². The number of hydrazone groups is 1. The molecule has 0 spiro atoms. The van der Waals surface area contributed by atoms with E-state index < -0.39 is 0 Å². The zero-order chi connectivity index (χ0) is 12.8. The van der Waals surface area contributed by atoms with E-state index in [1.165, 1.54) is 19.2 Å². The van der Waals surface area contributed by atoms with Gasteiger partial charge < -0.3 is 4.74 Å². The van der Waals surface area contributed by atoms with Crippen LogP contribution in [0.1, 0.15) is 0 Å². The summed E-state index contributed by atoms with van der Waals surface area (Å²) in [5, 5.41) is 21.3. The molecule has 0 fully saturated rings. The summed E-state index contributed by atoms with van der Waals surface area (Å²) in [4.78, 5) is 0. The number of benzene rings is 1. The number of anilines is 1. The minimum atomic E-state index is -0.321. The van der Waals surface area contributed by atoms with Gasteiger partial charge in [0.25, 0.3) is 0 Å². The third-order valence-electron chi connectivity index (χ3n) is 1.73. The molecule has 0 aliphatic rings. The van der Waals surface area contributed by atoms with Crippen molar-refractivity contribution in [2.75, 3.05) is 12.5 Å². The first-order chi connectivity index (χ1) is 8.12. The van der Waals surface area contributed by atoms with E-state index >= 15 is 0 Å². The molecular weight excluding hydrogens is 263 g/mol. The Labute approximate surface area is 108 Å². The fraction of sp³-hybridized carbons (Fsp3) is 0.100. The summed E-state index contributed by atoms with van der Waals surface area (Å²) in [6.45, 7) is 0. The smallest absolute Gasteiger partial charge is 0.237 e. The largest absolute Gasteiger partial charge is 0.494 e. The van der Waals surface area contributed by atoms with Crippen molar-refractivity contribution >= 4 is 34.6 Å². The van der Waals surface area contributed by atoms with Crippen molar-refractivity contribution in [1.82, 2.24) is 0 Å². The molecule has 0 aliphatic carbocycles. The molecular formula is C10H6Cl2N4O. The summed E-state index contributed by atoms with van der Waals surface area (Å²) >= 11 is 11.7. The summed E-state index contributed by atoms with van der Waals surface area (Å²) in [5.41, 5.74) is 2.50. The van der Waals surface area contributed by atoms with Crippen LogP contribution in [-0.2, 0) is 0 Å². The molecule has 1 N–H and O–H groups in total. The van der Waals surface area contributed by atoms with Crippen LogP contribution in [0.2, 0.25) is 10.0 Å². The molecule has 0 saturated carbocycles. The van der Waals surface area contributed by atoms with Gasteiger partial charge in [-0.2, -0.15) is 15.6 Å². The summed E-state index contributed by atoms with van der Waals surface area (Å²) in [7, 11) is 1.44. The number of rotatable bonds is 3. The molecule has 0 aliphatic heterocycles. The first-order valence-electron chi connectivity index (χ1n) is 4.29. The van der Waals surface area contributed by atoms with Crippen LogP contribution in [0.5, 0.6) is 5.75 Å². The Bertz CT molecular complexity index is 526. The van der Waals surface area contributed by atoms with Gasteiger partial charge in [-0.3, -0.25) is 5.43 Å². The Morgan fingerprint density at radius 1 is 1.35 bits per heavy atom. The van der Waals surface area contributed by atoms with Crippen LogP contribution < -0.4 is 10.2 Å². The molecule has 0 heterocycles. The second-order valence-electron chi connectivity index (χ2n) is 2.76. The highest BCUT2D eigenvalue weighted by atomic mass is 35.5. The predicted molar refractivity (Wildman–Crippen MR) is 65.3 cm³/mol. The van der Waals surface area contributed by atoms with E-state index in [-0.39, 0.29) is 10.7 Å². The molecule has 1 rings (SSSR count). The van der Waals surface area contributed by atoms with E-state index in [1.54, 1.807) is 12.1 Å². The van der Waals surface area contributed by atoms with Crippen LogP contribution in [0.25, 0.3) is 0 Å². The van der Waals surface area contributed by atoms with E-state index in [2.05, 4.69) is 10.5 Å². The molecule has 0 radical (unpaired) electrons. The molecule has 7 heteroatoms. The lowest BCUT2D eigenvalue weighted by atomic mass is 10.3. The molecule has 0 amide bonds. The second-order valence-corrected chi connectivity index (χ2v) is 3.60. The molecule has 1 aromatic rings. The van der Waals surface area contributed by atoms with E-state index in [0.29, 0.717) is 16.5 Å². The fourth-order valence-electron chi connectivity index (χ4n) is 1.01. The minimum absolute atomic E-state index is 0.272. The number of nitriles is 2. The van der Waals surface area contributed by atoms with Gasteiger partial charge in [0.05, 0.1) is 12.1 Å². The predicted octanol–water partition coefficient (Wildman–Crippen LogP) is 2.82. The maximum absolute atomic E-state index is 8.52. The second kappa shape index (κ2) is 5.95. The summed E-state index contributed by atoms with van der Waals surface area (Å²) in [5.74, 6) is 0.362. The number of ether oxygens (including phenoxy) is 1. The molecule has 1 aromatic carbocycles. The first-order valence-corrected chi connectivity index (χ1v) is 5.05. The molecule has 86 valence electrons. The first kappa shape index (κ1) is 13.1. The average Bonchev–Trinajstić information content (AvgIpc) is 2.31. The Hall–Kier alpha value is -1.95. The normalized spacial score (nSPS) is 8.76. The standard InChI is InChI=1S/C10H6Cl2N4O/c1-17-9-3-6(11)2-8(12)10(9)16-15-7(4-13)5-14/h2-3,16H,1H3. The van der Waals surface area contributed by atoms with Gasteiger partial charge >= 0.3 is 0 Å². The van der Waals surface area contributed by atoms with Gasteiger partial charge in [0.2, 0.25) is 5.71 Å². The molecule has 0 bridgehead atoms. The molecule has 0 atom stereocenters.